The van der Waals surface area contributed by atoms with Crippen LogP contribution < -0.4 is 15.4 Å². The molecule has 110 valence electrons. The van der Waals surface area contributed by atoms with Gasteiger partial charge in [0, 0.05) is 18.2 Å². The molecule has 0 unspecified atom stereocenters. The molecule has 1 fully saturated rings. The maximum Gasteiger partial charge on any atom is 0.224 e. The van der Waals surface area contributed by atoms with E-state index >= 15 is 0 Å². The molecule has 0 atom stereocenters. The summed E-state index contributed by atoms with van der Waals surface area (Å²) >= 11 is 0. The number of ether oxygens (including phenoxy) is 1. The van der Waals surface area contributed by atoms with Crippen molar-refractivity contribution in [2.75, 3.05) is 25.0 Å². The average molecular weight is 280 g/mol. The van der Waals surface area contributed by atoms with Gasteiger partial charge >= 0.3 is 0 Å². The summed E-state index contributed by atoms with van der Waals surface area (Å²) in [6, 6.07) is 4.50. The fourth-order valence-electron chi connectivity index (χ4n) is 2.41. The number of anilines is 1. The minimum Gasteiger partial charge on any atom is -0.491 e. The number of nitrogens with one attached hydrogen (secondary N) is 2. The lowest BCUT2D eigenvalue weighted by atomic mass is 9.94. The third-order valence-corrected chi connectivity index (χ3v) is 3.45. The molecule has 1 aromatic rings. The topological polar surface area (TPSA) is 50.4 Å². The minimum atomic E-state index is -0.452. The first-order chi connectivity index (χ1) is 9.69. The Morgan fingerprint density at radius 1 is 1.45 bits per heavy atom. The van der Waals surface area contributed by atoms with Crippen molar-refractivity contribution in [2.24, 2.45) is 5.92 Å². The fourth-order valence-corrected chi connectivity index (χ4v) is 2.41. The van der Waals surface area contributed by atoms with Gasteiger partial charge in [0.1, 0.15) is 0 Å². The van der Waals surface area contributed by atoms with Crippen molar-refractivity contribution in [3.63, 3.8) is 0 Å². The fraction of sp³-hybridized carbons (Fsp3) is 0.533. The monoisotopic (exact) mass is 280 g/mol. The first-order valence-electron chi connectivity index (χ1n) is 7.12. The van der Waals surface area contributed by atoms with Crippen molar-refractivity contribution >= 4 is 11.6 Å². The van der Waals surface area contributed by atoms with E-state index < -0.39 is 5.82 Å². The Balaban J connectivity index is 1.88. The van der Waals surface area contributed by atoms with E-state index in [0.29, 0.717) is 24.6 Å². The van der Waals surface area contributed by atoms with Gasteiger partial charge in [0.2, 0.25) is 5.91 Å². The maximum atomic E-state index is 13.7. The van der Waals surface area contributed by atoms with Crippen LogP contribution in [-0.4, -0.2) is 25.6 Å². The van der Waals surface area contributed by atoms with E-state index in [-0.39, 0.29) is 11.7 Å². The number of rotatable bonds is 5. The highest BCUT2D eigenvalue weighted by molar-refractivity contribution is 5.90. The first kappa shape index (κ1) is 14.8. The van der Waals surface area contributed by atoms with Gasteiger partial charge in [-0.15, -0.1) is 0 Å². The van der Waals surface area contributed by atoms with Crippen molar-refractivity contribution in [3.8, 4) is 5.75 Å². The van der Waals surface area contributed by atoms with E-state index in [1.165, 1.54) is 6.07 Å². The smallest absolute Gasteiger partial charge is 0.224 e. The zero-order valence-corrected chi connectivity index (χ0v) is 11.7. The van der Waals surface area contributed by atoms with Crippen molar-refractivity contribution in [3.05, 3.63) is 24.0 Å². The first-order valence-corrected chi connectivity index (χ1v) is 7.12. The molecule has 0 saturated carbocycles. The molecule has 0 spiro atoms. The predicted molar refractivity (Wildman–Crippen MR) is 76.4 cm³/mol. The van der Waals surface area contributed by atoms with Gasteiger partial charge in [0.25, 0.3) is 0 Å². The molecule has 5 heteroatoms. The molecular weight excluding hydrogens is 259 g/mol. The number of hydrogen-bond acceptors (Lipinski definition) is 3. The maximum absolute atomic E-state index is 13.7. The number of carbonyl (C=O) groups is 1. The van der Waals surface area contributed by atoms with Crippen molar-refractivity contribution in [2.45, 2.75) is 26.2 Å². The predicted octanol–water partition coefficient (Wildman–Crippen LogP) is 2.55. The molecule has 2 N–H and O–H groups in total. The van der Waals surface area contributed by atoms with Crippen LogP contribution in [0.2, 0.25) is 0 Å². The van der Waals surface area contributed by atoms with Gasteiger partial charge in [0.05, 0.1) is 6.61 Å². The Morgan fingerprint density at radius 2 is 2.20 bits per heavy atom. The Bertz CT molecular complexity index is 459. The van der Waals surface area contributed by atoms with Gasteiger partial charge < -0.3 is 15.4 Å². The van der Waals surface area contributed by atoms with E-state index in [1.807, 2.05) is 0 Å². The summed E-state index contributed by atoms with van der Waals surface area (Å²) in [5.74, 6) is 0.125. The molecule has 0 aromatic heterocycles. The molecule has 1 saturated heterocycles. The molecule has 1 aliphatic heterocycles. The summed E-state index contributed by atoms with van der Waals surface area (Å²) in [6.45, 7) is 4.15. The van der Waals surface area contributed by atoms with Gasteiger partial charge in [0.15, 0.2) is 11.6 Å². The van der Waals surface area contributed by atoms with E-state index in [9.17, 15) is 9.18 Å². The number of hydrogen-bond donors (Lipinski definition) is 2. The van der Waals surface area contributed by atoms with E-state index in [2.05, 4.69) is 10.6 Å². The Hall–Kier alpha value is -1.62. The third-order valence-electron chi connectivity index (χ3n) is 3.45. The van der Waals surface area contributed by atoms with Gasteiger partial charge in [-0.05, 0) is 50.9 Å². The molecule has 20 heavy (non-hydrogen) atoms. The third kappa shape index (κ3) is 4.20. The normalized spacial score (nSPS) is 15.9. The molecule has 1 amide bonds. The van der Waals surface area contributed by atoms with Crippen LogP contribution in [0.25, 0.3) is 0 Å². The highest BCUT2D eigenvalue weighted by atomic mass is 19.1. The van der Waals surface area contributed by atoms with Crippen LogP contribution in [0, 0.1) is 11.7 Å². The van der Waals surface area contributed by atoms with Gasteiger partial charge in [-0.25, -0.2) is 4.39 Å². The summed E-state index contributed by atoms with van der Waals surface area (Å²) < 4.78 is 18.8. The van der Waals surface area contributed by atoms with Crippen LogP contribution in [0.5, 0.6) is 5.75 Å². The molecular formula is C15H21FN2O2. The highest BCUT2D eigenvalue weighted by Gasteiger charge is 2.17. The van der Waals surface area contributed by atoms with Gasteiger partial charge in [-0.2, -0.15) is 0 Å². The molecule has 2 rings (SSSR count). The number of amides is 1. The summed E-state index contributed by atoms with van der Waals surface area (Å²) in [6.07, 6.45) is 2.53. The number of halogens is 1. The largest absolute Gasteiger partial charge is 0.491 e. The van der Waals surface area contributed by atoms with E-state index in [4.69, 9.17) is 4.74 Å². The van der Waals surface area contributed by atoms with Crippen molar-refractivity contribution in [1.29, 1.82) is 0 Å². The second kappa shape index (κ2) is 7.24. The second-order valence-corrected chi connectivity index (χ2v) is 5.02. The zero-order valence-electron chi connectivity index (χ0n) is 11.7. The molecule has 1 aliphatic rings. The molecule has 1 heterocycles. The average Bonchev–Trinajstić information content (AvgIpc) is 2.43. The van der Waals surface area contributed by atoms with E-state index in [1.54, 1.807) is 19.1 Å². The van der Waals surface area contributed by atoms with Crippen LogP contribution in [-0.2, 0) is 4.79 Å². The lowest BCUT2D eigenvalue weighted by Gasteiger charge is -2.21. The van der Waals surface area contributed by atoms with Crippen molar-refractivity contribution in [1.82, 2.24) is 5.32 Å². The van der Waals surface area contributed by atoms with Crippen LogP contribution >= 0.6 is 0 Å². The number of carbonyl (C=O) groups excluding carboxylic acids is 1. The van der Waals surface area contributed by atoms with E-state index in [0.717, 1.165) is 25.9 Å². The zero-order chi connectivity index (χ0) is 14.4. The quantitative estimate of drug-likeness (QED) is 0.871. The summed E-state index contributed by atoms with van der Waals surface area (Å²) in [4.78, 5) is 11.9. The summed E-state index contributed by atoms with van der Waals surface area (Å²) in [7, 11) is 0. The van der Waals surface area contributed by atoms with Crippen molar-refractivity contribution < 1.29 is 13.9 Å². The van der Waals surface area contributed by atoms with Crippen LogP contribution in [0.15, 0.2) is 18.2 Å². The SMILES string of the molecule is CCOc1ccc(NC(=O)CC2CCNCC2)cc1F. The summed E-state index contributed by atoms with van der Waals surface area (Å²) in [5, 5.41) is 6.01. The molecule has 0 radical (unpaired) electrons. The van der Waals surface area contributed by atoms with Crippen LogP contribution in [0.1, 0.15) is 26.2 Å². The van der Waals surface area contributed by atoms with Gasteiger partial charge in [-0.1, -0.05) is 0 Å². The van der Waals surface area contributed by atoms with Crippen LogP contribution in [0.3, 0.4) is 0 Å². The Morgan fingerprint density at radius 3 is 2.85 bits per heavy atom. The molecule has 0 bridgehead atoms. The number of piperidine rings is 1. The minimum absolute atomic E-state index is 0.0551. The summed E-state index contributed by atoms with van der Waals surface area (Å²) in [5.41, 5.74) is 0.477. The number of benzene rings is 1. The lowest BCUT2D eigenvalue weighted by molar-refractivity contribution is -0.117. The highest BCUT2D eigenvalue weighted by Crippen LogP contribution is 2.22. The Labute approximate surface area is 118 Å². The lowest BCUT2D eigenvalue weighted by Crippen LogP contribution is -2.30. The Kier molecular flexibility index (Phi) is 5.35. The van der Waals surface area contributed by atoms with Gasteiger partial charge in [-0.3, -0.25) is 4.79 Å². The van der Waals surface area contributed by atoms with Crippen LogP contribution in [0.4, 0.5) is 10.1 Å². The second-order valence-electron chi connectivity index (χ2n) is 5.02. The molecule has 0 aliphatic carbocycles. The molecule has 4 nitrogen and oxygen atoms in total. The standard InChI is InChI=1S/C15H21FN2O2/c1-2-20-14-4-3-12(10-13(14)16)18-15(19)9-11-5-7-17-8-6-11/h3-4,10-11,17H,2,5-9H2,1H3,(H,18,19). The molecule has 1 aromatic carbocycles.